The Hall–Kier alpha value is -2.16. The van der Waals surface area contributed by atoms with Crippen LogP contribution in [0.2, 0.25) is 0 Å². The molecular formula is C16H17NO2. The monoisotopic (exact) mass is 255 g/mol. The maximum atomic E-state index is 5.80. The van der Waals surface area contributed by atoms with Gasteiger partial charge in [-0.2, -0.15) is 0 Å². The summed E-state index contributed by atoms with van der Waals surface area (Å²) >= 11 is 0. The van der Waals surface area contributed by atoms with Crippen LogP contribution in [0.4, 0.5) is 5.69 Å². The molecule has 0 saturated carbocycles. The Morgan fingerprint density at radius 1 is 1.11 bits per heavy atom. The third-order valence-electron chi connectivity index (χ3n) is 3.39. The zero-order chi connectivity index (χ0) is 13.2. The Labute approximate surface area is 113 Å². The molecule has 1 aliphatic heterocycles. The fourth-order valence-corrected chi connectivity index (χ4v) is 2.33. The molecule has 0 amide bonds. The van der Waals surface area contributed by atoms with Gasteiger partial charge in [0.2, 0.25) is 0 Å². The molecule has 0 N–H and O–H groups in total. The molecule has 0 saturated heterocycles. The number of nitrogens with zero attached hydrogens (tertiary/aromatic N) is 1. The van der Waals surface area contributed by atoms with Gasteiger partial charge in [0.05, 0.1) is 7.11 Å². The molecule has 0 unspecified atom stereocenters. The summed E-state index contributed by atoms with van der Waals surface area (Å²) in [4.78, 5) is 2.21. The van der Waals surface area contributed by atoms with Crippen molar-refractivity contribution in [3.8, 4) is 11.5 Å². The van der Waals surface area contributed by atoms with E-state index in [2.05, 4.69) is 42.2 Å². The van der Waals surface area contributed by atoms with Crippen LogP contribution in [0.1, 0.15) is 11.1 Å². The molecule has 98 valence electrons. The van der Waals surface area contributed by atoms with Gasteiger partial charge in [0.1, 0.15) is 11.5 Å². The van der Waals surface area contributed by atoms with Gasteiger partial charge in [-0.3, -0.25) is 0 Å². The van der Waals surface area contributed by atoms with E-state index in [9.17, 15) is 0 Å². The van der Waals surface area contributed by atoms with E-state index in [4.69, 9.17) is 9.47 Å². The van der Waals surface area contributed by atoms with E-state index in [0.717, 1.165) is 23.7 Å². The zero-order valence-corrected chi connectivity index (χ0v) is 11.2. The Morgan fingerprint density at radius 3 is 2.63 bits per heavy atom. The highest BCUT2D eigenvalue weighted by Crippen LogP contribution is 2.29. The fourth-order valence-electron chi connectivity index (χ4n) is 2.33. The number of hydrogen-bond acceptors (Lipinski definition) is 3. The summed E-state index contributed by atoms with van der Waals surface area (Å²) in [5, 5.41) is 0. The predicted octanol–water partition coefficient (Wildman–Crippen LogP) is 3.36. The van der Waals surface area contributed by atoms with Gasteiger partial charge in [0, 0.05) is 17.8 Å². The van der Waals surface area contributed by atoms with Crippen molar-refractivity contribution in [2.75, 3.05) is 18.7 Å². The van der Waals surface area contributed by atoms with Crippen LogP contribution in [-0.2, 0) is 6.54 Å². The maximum Gasteiger partial charge on any atom is 0.161 e. The average molecular weight is 255 g/mol. The minimum atomic E-state index is 0.586. The van der Waals surface area contributed by atoms with Gasteiger partial charge in [-0.1, -0.05) is 17.7 Å². The Bertz CT molecular complexity index is 578. The highest BCUT2D eigenvalue weighted by molar-refractivity contribution is 5.52. The van der Waals surface area contributed by atoms with Crippen LogP contribution >= 0.6 is 0 Å². The summed E-state index contributed by atoms with van der Waals surface area (Å²) in [7, 11) is 1.68. The molecule has 0 spiro atoms. The number of aryl methyl sites for hydroxylation is 1. The predicted molar refractivity (Wildman–Crippen MR) is 75.9 cm³/mol. The third kappa shape index (κ3) is 2.36. The van der Waals surface area contributed by atoms with Gasteiger partial charge < -0.3 is 14.4 Å². The zero-order valence-electron chi connectivity index (χ0n) is 11.2. The summed E-state index contributed by atoms with van der Waals surface area (Å²) < 4.78 is 11.0. The summed E-state index contributed by atoms with van der Waals surface area (Å²) in [6.07, 6.45) is 0. The first kappa shape index (κ1) is 11.9. The van der Waals surface area contributed by atoms with E-state index < -0.39 is 0 Å². The first-order valence-electron chi connectivity index (χ1n) is 6.37. The van der Waals surface area contributed by atoms with Crippen molar-refractivity contribution in [2.45, 2.75) is 13.5 Å². The van der Waals surface area contributed by atoms with Crippen molar-refractivity contribution in [3.05, 3.63) is 53.6 Å². The van der Waals surface area contributed by atoms with Crippen molar-refractivity contribution < 1.29 is 9.47 Å². The summed E-state index contributed by atoms with van der Waals surface area (Å²) in [5.41, 5.74) is 3.65. The number of hydrogen-bond donors (Lipinski definition) is 0. The Morgan fingerprint density at radius 2 is 1.89 bits per heavy atom. The molecule has 0 fully saturated rings. The standard InChI is InChI=1S/C16H17NO2/c1-12-3-8-16-13(9-12)10-17(11-19-16)14-4-6-15(18-2)7-5-14/h3-9H,10-11H2,1-2H3. The van der Waals surface area contributed by atoms with Crippen molar-refractivity contribution in [3.63, 3.8) is 0 Å². The van der Waals surface area contributed by atoms with E-state index in [1.165, 1.54) is 11.1 Å². The van der Waals surface area contributed by atoms with Crippen LogP contribution in [0.15, 0.2) is 42.5 Å². The van der Waals surface area contributed by atoms with E-state index in [1.807, 2.05) is 12.1 Å². The SMILES string of the molecule is COc1ccc(N2COc3ccc(C)cc3C2)cc1. The lowest BCUT2D eigenvalue weighted by molar-refractivity contribution is 0.289. The molecule has 2 aromatic carbocycles. The molecule has 0 aliphatic carbocycles. The maximum absolute atomic E-state index is 5.80. The molecule has 0 atom stereocenters. The second-order valence-electron chi connectivity index (χ2n) is 4.78. The molecule has 2 aromatic rings. The van der Waals surface area contributed by atoms with Gasteiger partial charge in [0.25, 0.3) is 0 Å². The number of fused-ring (bicyclic) bond motifs is 1. The molecule has 3 nitrogen and oxygen atoms in total. The highest BCUT2D eigenvalue weighted by Gasteiger charge is 2.17. The third-order valence-corrected chi connectivity index (χ3v) is 3.39. The van der Waals surface area contributed by atoms with Crippen LogP contribution in [0, 0.1) is 6.92 Å². The first-order chi connectivity index (χ1) is 9.26. The molecule has 0 aromatic heterocycles. The molecule has 19 heavy (non-hydrogen) atoms. The highest BCUT2D eigenvalue weighted by atomic mass is 16.5. The lowest BCUT2D eigenvalue weighted by atomic mass is 10.1. The Kier molecular flexibility index (Phi) is 3.03. The molecule has 0 bridgehead atoms. The molecule has 3 rings (SSSR count). The van der Waals surface area contributed by atoms with Crippen molar-refractivity contribution >= 4 is 5.69 Å². The van der Waals surface area contributed by atoms with E-state index in [-0.39, 0.29) is 0 Å². The quantitative estimate of drug-likeness (QED) is 0.821. The summed E-state index contributed by atoms with van der Waals surface area (Å²) in [6.45, 7) is 3.57. The van der Waals surface area contributed by atoms with Crippen LogP contribution in [0.5, 0.6) is 11.5 Å². The van der Waals surface area contributed by atoms with E-state index in [1.54, 1.807) is 7.11 Å². The molecule has 3 heteroatoms. The lowest BCUT2D eigenvalue weighted by Crippen LogP contribution is -2.31. The average Bonchev–Trinajstić information content (AvgIpc) is 2.46. The van der Waals surface area contributed by atoms with E-state index >= 15 is 0 Å². The topological polar surface area (TPSA) is 21.7 Å². The fraction of sp³-hybridized carbons (Fsp3) is 0.250. The number of anilines is 1. The Balaban J connectivity index is 1.84. The normalized spacial score (nSPS) is 13.7. The van der Waals surface area contributed by atoms with Crippen molar-refractivity contribution in [2.24, 2.45) is 0 Å². The first-order valence-corrected chi connectivity index (χ1v) is 6.37. The molecule has 0 radical (unpaired) electrons. The second-order valence-corrected chi connectivity index (χ2v) is 4.78. The van der Waals surface area contributed by atoms with Crippen LogP contribution in [0.25, 0.3) is 0 Å². The van der Waals surface area contributed by atoms with Crippen molar-refractivity contribution in [1.82, 2.24) is 0 Å². The number of ether oxygens (including phenoxy) is 2. The van der Waals surface area contributed by atoms with Gasteiger partial charge in [-0.05, 0) is 37.3 Å². The lowest BCUT2D eigenvalue weighted by Gasteiger charge is -2.31. The number of rotatable bonds is 2. The van der Waals surface area contributed by atoms with Gasteiger partial charge in [-0.15, -0.1) is 0 Å². The smallest absolute Gasteiger partial charge is 0.161 e. The largest absolute Gasteiger partial charge is 0.497 e. The van der Waals surface area contributed by atoms with Gasteiger partial charge in [-0.25, -0.2) is 0 Å². The molecule has 1 heterocycles. The minimum Gasteiger partial charge on any atom is -0.497 e. The second kappa shape index (κ2) is 4.84. The van der Waals surface area contributed by atoms with Gasteiger partial charge in [0.15, 0.2) is 6.73 Å². The molecule has 1 aliphatic rings. The van der Waals surface area contributed by atoms with Crippen LogP contribution in [0.3, 0.4) is 0 Å². The summed E-state index contributed by atoms with van der Waals surface area (Å²) in [6, 6.07) is 14.4. The minimum absolute atomic E-state index is 0.586. The summed E-state index contributed by atoms with van der Waals surface area (Å²) in [5.74, 6) is 1.87. The van der Waals surface area contributed by atoms with Crippen LogP contribution in [-0.4, -0.2) is 13.8 Å². The van der Waals surface area contributed by atoms with Crippen LogP contribution < -0.4 is 14.4 Å². The number of benzene rings is 2. The van der Waals surface area contributed by atoms with E-state index in [0.29, 0.717) is 6.73 Å². The van der Waals surface area contributed by atoms with Gasteiger partial charge >= 0.3 is 0 Å². The number of methoxy groups -OCH3 is 1. The molecular weight excluding hydrogens is 238 g/mol. The van der Waals surface area contributed by atoms with Crippen molar-refractivity contribution in [1.29, 1.82) is 0 Å².